The Morgan fingerprint density at radius 1 is 0.688 bits per heavy atom. The summed E-state index contributed by atoms with van der Waals surface area (Å²) >= 11 is 0. The van der Waals surface area contributed by atoms with E-state index in [1.54, 1.807) is 4.90 Å². The largest absolute Gasteiger partial charge is 0.480 e. The molecular formula is C41H71N13O10. The molecular weight excluding hydrogens is 835 g/mol. The lowest BCUT2D eigenvalue weighted by molar-refractivity contribution is -0.145. The summed E-state index contributed by atoms with van der Waals surface area (Å²) in [4.78, 5) is 126. The smallest absolute Gasteiger partial charge is 0.326 e. The highest BCUT2D eigenvalue weighted by molar-refractivity contribution is 5.98. The number of carbonyl (C=O) groups is 9. The van der Waals surface area contributed by atoms with Gasteiger partial charge >= 0.3 is 5.97 Å². The molecule has 0 spiro atoms. The first-order valence-electron chi connectivity index (χ1n) is 22.5. The molecule has 0 aromatic rings. The Bertz CT molecular complexity index is 1690. The first-order chi connectivity index (χ1) is 30.3. The summed E-state index contributed by atoms with van der Waals surface area (Å²) in [5.41, 5.74) is 21.8. The van der Waals surface area contributed by atoms with Crippen LogP contribution in [0, 0.1) is 5.92 Å². The minimum atomic E-state index is -1.36. The lowest BCUT2D eigenvalue weighted by Gasteiger charge is -2.31. The molecule has 3 rings (SSSR count). The fourth-order valence-corrected chi connectivity index (χ4v) is 8.16. The molecule has 3 aliphatic heterocycles. The number of unbranched alkanes of at least 4 members (excludes halogenated alkanes) is 1. The maximum atomic E-state index is 14.1. The van der Waals surface area contributed by atoms with Crippen molar-refractivity contribution in [2.45, 2.75) is 159 Å². The lowest BCUT2D eigenvalue weighted by Crippen LogP contribution is -2.60. The molecule has 15 N–H and O–H groups in total. The molecule has 3 fully saturated rings. The normalized spacial score (nSPS) is 20.6. The van der Waals surface area contributed by atoms with Crippen LogP contribution < -0.4 is 54.8 Å². The molecule has 8 amide bonds. The van der Waals surface area contributed by atoms with Crippen LogP contribution in [0.2, 0.25) is 0 Å². The van der Waals surface area contributed by atoms with Crippen molar-refractivity contribution in [2.75, 3.05) is 32.7 Å². The van der Waals surface area contributed by atoms with E-state index in [0.717, 1.165) is 13.0 Å². The number of guanidine groups is 1. The van der Waals surface area contributed by atoms with Gasteiger partial charge in [0.25, 0.3) is 0 Å². The van der Waals surface area contributed by atoms with E-state index in [9.17, 15) is 48.3 Å². The Morgan fingerprint density at radius 2 is 1.28 bits per heavy atom. The van der Waals surface area contributed by atoms with Crippen LogP contribution in [0.25, 0.3) is 0 Å². The molecule has 360 valence electrons. The van der Waals surface area contributed by atoms with Gasteiger partial charge in [-0.25, -0.2) is 4.79 Å². The van der Waals surface area contributed by atoms with Crippen molar-refractivity contribution in [2.24, 2.45) is 33.8 Å². The van der Waals surface area contributed by atoms with Gasteiger partial charge in [-0.05, 0) is 109 Å². The van der Waals surface area contributed by atoms with Gasteiger partial charge < -0.3 is 69.7 Å². The monoisotopic (exact) mass is 906 g/mol. The second-order valence-electron chi connectivity index (χ2n) is 17.2. The van der Waals surface area contributed by atoms with E-state index in [2.05, 4.69) is 36.9 Å². The number of amides is 8. The molecule has 0 aromatic carbocycles. The molecule has 0 aromatic heterocycles. The molecule has 64 heavy (non-hydrogen) atoms. The number of carbonyl (C=O) groups excluding carboxylic acids is 8. The zero-order chi connectivity index (χ0) is 47.5. The fraction of sp³-hybridized carbons (Fsp3) is 0.756. The molecule has 3 aliphatic rings. The van der Waals surface area contributed by atoms with E-state index in [-0.39, 0.29) is 81.9 Å². The van der Waals surface area contributed by atoms with Gasteiger partial charge in [-0.2, -0.15) is 0 Å². The first-order valence-corrected chi connectivity index (χ1v) is 22.5. The average Bonchev–Trinajstić information content (AvgIpc) is 4.05. The summed E-state index contributed by atoms with van der Waals surface area (Å²) < 4.78 is 0. The van der Waals surface area contributed by atoms with Crippen molar-refractivity contribution >= 4 is 59.2 Å². The number of rotatable bonds is 26. The summed E-state index contributed by atoms with van der Waals surface area (Å²) in [6.45, 7) is 6.82. The maximum absolute atomic E-state index is 14.1. The van der Waals surface area contributed by atoms with Crippen molar-refractivity contribution in [1.82, 2.24) is 41.7 Å². The second kappa shape index (κ2) is 26.3. The third-order valence-electron chi connectivity index (χ3n) is 11.6. The fourth-order valence-electron chi connectivity index (χ4n) is 8.16. The van der Waals surface area contributed by atoms with E-state index in [0.29, 0.717) is 51.6 Å². The van der Waals surface area contributed by atoms with Gasteiger partial charge in [0, 0.05) is 26.1 Å². The van der Waals surface area contributed by atoms with E-state index in [1.165, 1.54) is 11.8 Å². The minimum absolute atomic E-state index is 0.00688. The summed E-state index contributed by atoms with van der Waals surface area (Å²) in [6, 6.07) is -8.29. The van der Waals surface area contributed by atoms with Gasteiger partial charge in [-0.3, -0.25) is 43.3 Å². The molecule has 23 nitrogen and oxygen atoms in total. The Hall–Kier alpha value is -5.58. The number of hydrogen-bond acceptors (Lipinski definition) is 12. The van der Waals surface area contributed by atoms with Gasteiger partial charge in [0.05, 0.1) is 6.04 Å². The summed E-state index contributed by atoms with van der Waals surface area (Å²) in [5.74, 6) is -6.55. The van der Waals surface area contributed by atoms with Gasteiger partial charge in [-0.1, -0.05) is 13.8 Å². The predicted molar refractivity (Wildman–Crippen MR) is 234 cm³/mol. The highest BCUT2D eigenvalue weighted by atomic mass is 16.4. The first kappa shape index (κ1) is 52.8. The highest BCUT2D eigenvalue weighted by Crippen LogP contribution is 2.22. The van der Waals surface area contributed by atoms with Gasteiger partial charge in [-0.15, -0.1) is 0 Å². The number of aliphatic imine (C=N–C) groups is 1. The average molecular weight is 906 g/mol. The van der Waals surface area contributed by atoms with Crippen LogP contribution in [0.3, 0.4) is 0 Å². The molecule has 0 bridgehead atoms. The quantitative estimate of drug-likeness (QED) is 0.0231. The number of aliphatic carboxylic acids is 1. The maximum Gasteiger partial charge on any atom is 0.326 e. The van der Waals surface area contributed by atoms with E-state index >= 15 is 0 Å². The molecule has 8 atom stereocenters. The van der Waals surface area contributed by atoms with E-state index < -0.39 is 89.6 Å². The number of carboxylic acid groups (broad SMARTS) is 1. The van der Waals surface area contributed by atoms with E-state index in [4.69, 9.17) is 22.9 Å². The minimum Gasteiger partial charge on any atom is -0.480 e. The van der Waals surface area contributed by atoms with Crippen LogP contribution in [-0.4, -0.2) is 155 Å². The second-order valence-corrected chi connectivity index (χ2v) is 17.2. The van der Waals surface area contributed by atoms with Crippen LogP contribution in [0.5, 0.6) is 0 Å². The van der Waals surface area contributed by atoms with Crippen molar-refractivity contribution < 1.29 is 48.3 Å². The topological polar surface area (TPSA) is 369 Å². The Kier molecular flexibility index (Phi) is 21.7. The summed E-state index contributed by atoms with van der Waals surface area (Å²) in [6.07, 6.45) is 4.15. The molecule has 0 aliphatic carbocycles. The highest BCUT2D eigenvalue weighted by Gasteiger charge is 2.41. The molecule has 0 radical (unpaired) electrons. The van der Waals surface area contributed by atoms with Crippen molar-refractivity contribution in [1.29, 1.82) is 0 Å². The van der Waals surface area contributed by atoms with Gasteiger partial charge in [0.15, 0.2) is 5.96 Å². The summed E-state index contributed by atoms with van der Waals surface area (Å²) in [5, 5.41) is 26.2. The van der Waals surface area contributed by atoms with Crippen LogP contribution in [0.4, 0.5) is 0 Å². The predicted octanol–water partition coefficient (Wildman–Crippen LogP) is -3.26. The SMILES string of the molecule is CC(C)C[C@H](NC(=O)[C@H](CCCCN)NC(=O)[C@H](C)NC(=O)[C@@H]1CCCN1C(=O)[C@@H]1CCCN1)C(=O)N[C@@H](CCC(N)=O)C(=O)N1CCC[C@H]1C(=O)N[C@@H](CCCN=C(N)N)C(=O)O. The molecule has 0 unspecified atom stereocenters. The molecule has 3 saturated heterocycles. The molecule has 3 heterocycles. The number of hydrogen-bond donors (Lipinski definition) is 11. The number of nitrogens with two attached hydrogens (primary N) is 4. The lowest BCUT2D eigenvalue weighted by atomic mass is 10.0. The number of carboxylic acids is 1. The molecule has 23 heteroatoms. The Labute approximate surface area is 374 Å². The van der Waals surface area contributed by atoms with Gasteiger partial charge in [0.1, 0.15) is 42.3 Å². The van der Waals surface area contributed by atoms with Crippen molar-refractivity contribution in [3.8, 4) is 0 Å². The zero-order valence-electron chi connectivity index (χ0n) is 37.4. The summed E-state index contributed by atoms with van der Waals surface area (Å²) in [7, 11) is 0. The van der Waals surface area contributed by atoms with Gasteiger partial charge in [0.2, 0.25) is 47.3 Å². The molecule has 0 saturated carbocycles. The zero-order valence-corrected chi connectivity index (χ0v) is 37.4. The number of nitrogens with one attached hydrogen (secondary N) is 6. The Morgan fingerprint density at radius 3 is 1.88 bits per heavy atom. The Balaban J connectivity index is 1.73. The van der Waals surface area contributed by atoms with Crippen LogP contribution in [0.1, 0.15) is 111 Å². The van der Waals surface area contributed by atoms with Crippen molar-refractivity contribution in [3.05, 3.63) is 0 Å². The number of primary amides is 1. The van der Waals surface area contributed by atoms with Crippen LogP contribution in [-0.2, 0) is 43.2 Å². The third-order valence-corrected chi connectivity index (χ3v) is 11.6. The standard InChI is InChI=1S/C41H71N13O10/c1-23(2)22-29(35(58)50-27(15-16-32(43)55)39(62)54-21-9-14-31(54)37(60)51-28(40(63)64)12-7-19-47-41(44)45)52-34(57)25(10-4-5-17-42)49-33(56)24(3)48-36(59)30-13-8-20-53(30)38(61)26-11-6-18-46-26/h23-31,46H,4-22,42H2,1-3H3,(H2,43,55)(H,48,59)(H,49,56)(H,50,58)(H,51,60)(H,52,57)(H,63,64)(H4,44,45,47)/t24-,25-,26-,27-,28-,29-,30-,31-/m0/s1. The van der Waals surface area contributed by atoms with Crippen LogP contribution >= 0.6 is 0 Å². The van der Waals surface area contributed by atoms with Crippen LogP contribution in [0.15, 0.2) is 4.99 Å². The number of likely N-dealkylation sites (tertiary alicyclic amines) is 2. The van der Waals surface area contributed by atoms with E-state index in [1.807, 2.05) is 13.8 Å². The number of nitrogens with zero attached hydrogens (tertiary/aromatic N) is 3. The third kappa shape index (κ3) is 16.5. The van der Waals surface area contributed by atoms with Crippen molar-refractivity contribution in [3.63, 3.8) is 0 Å².